The van der Waals surface area contributed by atoms with Crippen molar-refractivity contribution in [2.24, 2.45) is 0 Å². The van der Waals surface area contributed by atoms with Crippen molar-refractivity contribution < 1.29 is 14.3 Å². The highest BCUT2D eigenvalue weighted by atomic mass is 32.2. The van der Waals surface area contributed by atoms with E-state index in [1.807, 2.05) is 11.8 Å². The maximum atomic E-state index is 13.4. The van der Waals surface area contributed by atoms with Gasteiger partial charge in [0.1, 0.15) is 0 Å². The molecule has 0 aromatic heterocycles. The Morgan fingerprint density at radius 2 is 2.07 bits per heavy atom. The predicted molar refractivity (Wildman–Crippen MR) is 117 cm³/mol. The first-order valence-electron chi connectivity index (χ1n) is 10.1. The smallest absolute Gasteiger partial charge is 0.317 e. The fourth-order valence-electron chi connectivity index (χ4n) is 3.00. The Morgan fingerprint density at radius 3 is 2.75 bits per heavy atom. The summed E-state index contributed by atoms with van der Waals surface area (Å²) in [6.45, 7) is 8.54. The Bertz CT molecular complexity index is 625. The minimum absolute atomic E-state index is 0.0886. The number of para-hydroxylation sites is 1. The lowest BCUT2D eigenvalue weighted by Crippen LogP contribution is -2.43. The maximum Gasteiger partial charge on any atom is 0.317 e. The number of urea groups is 1. The first-order valence-corrected chi connectivity index (χ1v) is 11.3. The summed E-state index contributed by atoms with van der Waals surface area (Å²) in [6.07, 6.45) is 6.08. The maximum absolute atomic E-state index is 13.4. The molecule has 4 nitrogen and oxygen atoms in total. The molecule has 2 amide bonds. The summed E-state index contributed by atoms with van der Waals surface area (Å²) in [7, 11) is 1.78. The van der Waals surface area contributed by atoms with Crippen LogP contribution in [0.3, 0.4) is 0 Å². The van der Waals surface area contributed by atoms with E-state index in [-0.39, 0.29) is 18.6 Å². The molecule has 0 spiro atoms. The van der Waals surface area contributed by atoms with Crippen LogP contribution in [-0.4, -0.2) is 40.6 Å². The highest BCUT2D eigenvalue weighted by molar-refractivity contribution is 7.99. The molecule has 0 aliphatic rings. The quantitative estimate of drug-likeness (QED) is 0.323. The van der Waals surface area contributed by atoms with Crippen LogP contribution in [0.2, 0.25) is 0 Å². The molecule has 1 unspecified atom stereocenters. The second-order valence-electron chi connectivity index (χ2n) is 7.08. The molecule has 1 rings (SSSR count). The third-order valence-corrected chi connectivity index (χ3v) is 6.11. The van der Waals surface area contributed by atoms with E-state index < -0.39 is 11.6 Å². The number of carbonyl (C=O) groups excluding carboxylic acids is 1. The number of phenolic OH excluding ortho intramolecular Hbond substituents is 1. The molecule has 1 aromatic carbocycles. The number of rotatable bonds is 13. The molecule has 0 aliphatic carbocycles. The van der Waals surface area contributed by atoms with E-state index in [1.54, 1.807) is 18.0 Å². The molecule has 2 N–H and O–H groups in total. The van der Waals surface area contributed by atoms with E-state index >= 15 is 0 Å². The number of nitrogens with one attached hydrogen (secondary N) is 1. The van der Waals surface area contributed by atoms with E-state index in [2.05, 4.69) is 25.7 Å². The molecule has 0 saturated heterocycles. The Labute approximate surface area is 173 Å². The van der Waals surface area contributed by atoms with Gasteiger partial charge < -0.3 is 15.3 Å². The lowest BCUT2D eigenvalue weighted by Gasteiger charge is -2.28. The summed E-state index contributed by atoms with van der Waals surface area (Å²) in [6, 6.07) is 4.19. The zero-order valence-corrected chi connectivity index (χ0v) is 18.3. The predicted octanol–water partition coefficient (Wildman–Crippen LogP) is 5.71. The van der Waals surface area contributed by atoms with Crippen LogP contribution >= 0.6 is 11.8 Å². The largest absolute Gasteiger partial charge is 0.505 e. The lowest BCUT2D eigenvalue weighted by molar-refractivity contribution is 0.184. The van der Waals surface area contributed by atoms with Crippen molar-refractivity contribution in [3.63, 3.8) is 0 Å². The highest BCUT2D eigenvalue weighted by Gasteiger charge is 2.19. The number of carbonyl (C=O) groups is 1. The molecule has 1 aromatic rings. The Hall–Kier alpha value is -1.69. The second kappa shape index (κ2) is 13.5. The van der Waals surface area contributed by atoms with Crippen LogP contribution in [0.1, 0.15) is 57.9 Å². The van der Waals surface area contributed by atoms with Gasteiger partial charge in [-0.05, 0) is 56.1 Å². The fourth-order valence-corrected chi connectivity index (χ4v) is 3.84. The van der Waals surface area contributed by atoms with Crippen molar-refractivity contribution in [3.05, 3.63) is 41.7 Å². The average Bonchev–Trinajstić information content (AvgIpc) is 2.69. The minimum Gasteiger partial charge on any atom is -0.505 e. The lowest BCUT2D eigenvalue weighted by atomic mass is 10.0. The standard InChI is InChI=1S/C22H35FN2O2S/c1-5-14-28-15-8-9-17(3)12-13-19(6-2)25(4)22(27)24-16-18-10-7-11-20(23)21(18)26/h7,10-11,19,26H,3,5-6,8-9,12-16H2,1-2,4H3,(H,24,27). The number of halogens is 1. The van der Waals surface area contributed by atoms with Crippen LogP contribution in [0.25, 0.3) is 0 Å². The summed E-state index contributed by atoms with van der Waals surface area (Å²) in [5, 5.41) is 12.5. The average molecular weight is 411 g/mol. The number of hydrogen-bond donors (Lipinski definition) is 2. The first kappa shape index (κ1) is 24.3. The molecular weight excluding hydrogens is 375 g/mol. The molecule has 158 valence electrons. The minimum atomic E-state index is -0.682. The Morgan fingerprint density at radius 1 is 1.32 bits per heavy atom. The number of allylic oxidation sites excluding steroid dienone is 1. The van der Waals surface area contributed by atoms with Gasteiger partial charge in [-0.2, -0.15) is 11.8 Å². The summed E-state index contributed by atoms with van der Waals surface area (Å²) < 4.78 is 13.4. The Balaban J connectivity index is 2.40. The van der Waals surface area contributed by atoms with Crippen LogP contribution in [0.5, 0.6) is 5.75 Å². The van der Waals surface area contributed by atoms with E-state index in [9.17, 15) is 14.3 Å². The summed E-state index contributed by atoms with van der Waals surface area (Å²) in [5.41, 5.74) is 1.61. The third-order valence-electron chi connectivity index (χ3n) is 4.84. The topological polar surface area (TPSA) is 52.6 Å². The monoisotopic (exact) mass is 410 g/mol. The fraction of sp³-hybridized carbons (Fsp3) is 0.591. The molecule has 1 atom stereocenters. The zero-order valence-electron chi connectivity index (χ0n) is 17.5. The van der Waals surface area contributed by atoms with Gasteiger partial charge >= 0.3 is 6.03 Å². The van der Waals surface area contributed by atoms with E-state index in [0.717, 1.165) is 32.1 Å². The molecule has 28 heavy (non-hydrogen) atoms. The van der Waals surface area contributed by atoms with Crippen molar-refractivity contribution in [2.75, 3.05) is 18.6 Å². The van der Waals surface area contributed by atoms with Crippen LogP contribution < -0.4 is 5.32 Å². The number of benzene rings is 1. The summed E-state index contributed by atoms with van der Waals surface area (Å²) in [5.74, 6) is 1.31. The van der Waals surface area contributed by atoms with Crippen LogP contribution in [0, 0.1) is 5.82 Å². The number of nitrogens with zero attached hydrogens (tertiary/aromatic N) is 1. The number of aromatic hydroxyl groups is 1. The molecule has 0 radical (unpaired) electrons. The first-order chi connectivity index (χ1) is 13.4. The zero-order chi connectivity index (χ0) is 20.9. The van der Waals surface area contributed by atoms with E-state index in [4.69, 9.17) is 0 Å². The molecule has 6 heteroatoms. The van der Waals surface area contributed by atoms with Gasteiger partial charge in [0.2, 0.25) is 0 Å². The third kappa shape index (κ3) is 8.55. The van der Waals surface area contributed by atoms with Gasteiger partial charge in [0, 0.05) is 25.2 Å². The van der Waals surface area contributed by atoms with Crippen LogP contribution in [0.15, 0.2) is 30.4 Å². The van der Waals surface area contributed by atoms with Gasteiger partial charge in [-0.25, -0.2) is 9.18 Å². The second-order valence-corrected chi connectivity index (χ2v) is 8.31. The van der Waals surface area contributed by atoms with Crippen molar-refractivity contribution in [3.8, 4) is 5.75 Å². The molecule has 0 fully saturated rings. The molecular formula is C22H35FN2O2S. The van der Waals surface area contributed by atoms with Gasteiger partial charge in [0.15, 0.2) is 11.6 Å². The van der Waals surface area contributed by atoms with Gasteiger partial charge in [0.05, 0.1) is 0 Å². The molecule has 0 bridgehead atoms. The summed E-state index contributed by atoms with van der Waals surface area (Å²) in [4.78, 5) is 14.1. The molecule has 0 saturated carbocycles. The van der Waals surface area contributed by atoms with Crippen molar-refractivity contribution in [2.45, 2.75) is 65.0 Å². The van der Waals surface area contributed by atoms with Gasteiger partial charge in [-0.3, -0.25) is 0 Å². The van der Waals surface area contributed by atoms with Crippen molar-refractivity contribution >= 4 is 17.8 Å². The number of phenols is 1. The van der Waals surface area contributed by atoms with Crippen LogP contribution in [0.4, 0.5) is 9.18 Å². The summed E-state index contributed by atoms with van der Waals surface area (Å²) >= 11 is 1.99. The molecule has 0 heterocycles. The van der Waals surface area contributed by atoms with Crippen molar-refractivity contribution in [1.29, 1.82) is 0 Å². The number of hydrogen-bond acceptors (Lipinski definition) is 3. The molecule has 0 aliphatic heterocycles. The van der Waals surface area contributed by atoms with Gasteiger partial charge in [0.25, 0.3) is 0 Å². The SMILES string of the molecule is C=C(CCCSCCC)CCC(CC)N(C)C(=O)NCc1cccc(F)c1O. The van der Waals surface area contributed by atoms with Crippen molar-refractivity contribution in [1.82, 2.24) is 10.2 Å². The van der Waals surface area contributed by atoms with Gasteiger partial charge in [-0.15, -0.1) is 0 Å². The number of amides is 2. The normalized spacial score (nSPS) is 11.9. The van der Waals surface area contributed by atoms with Gasteiger partial charge in [-0.1, -0.05) is 38.1 Å². The highest BCUT2D eigenvalue weighted by Crippen LogP contribution is 2.21. The van der Waals surface area contributed by atoms with Crippen LogP contribution in [-0.2, 0) is 6.54 Å². The Kier molecular flexibility index (Phi) is 11.7. The number of thioether (sulfide) groups is 1. The van der Waals surface area contributed by atoms with E-state index in [1.165, 1.54) is 35.6 Å². The van der Waals surface area contributed by atoms with E-state index in [0.29, 0.717) is 5.56 Å².